The van der Waals surface area contributed by atoms with Crippen molar-refractivity contribution in [3.05, 3.63) is 64.7 Å². The monoisotopic (exact) mass is 511 g/mol. The number of piperidine rings is 1. The number of ether oxygens (including phenoxy) is 2. The summed E-state index contributed by atoms with van der Waals surface area (Å²) in [6.07, 6.45) is 0.530. The van der Waals surface area contributed by atoms with Gasteiger partial charge in [0.25, 0.3) is 5.91 Å². The summed E-state index contributed by atoms with van der Waals surface area (Å²) in [7, 11) is 8.06. The van der Waals surface area contributed by atoms with Crippen LogP contribution >= 0.6 is 0 Å². The zero-order valence-electron chi connectivity index (χ0n) is 22.2. The summed E-state index contributed by atoms with van der Waals surface area (Å²) >= 11 is 0. The lowest BCUT2D eigenvalue weighted by atomic mass is 9.39. The molecule has 38 heavy (non-hydrogen) atoms. The SMILES string of the molecule is BC1(B)OCC(=O)N(Cc2ccc(COc3cccc4c3CN(C3CCC(=O)NC3=O)C4=O)cc2)C1(B)B. The van der Waals surface area contributed by atoms with Gasteiger partial charge in [-0.05, 0) is 35.0 Å². The average Bonchev–Trinajstić information content (AvgIpc) is 3.21. The van der Waals surface area contributed by atoms with E-state index in [0.717, 1.165) is 16.7 Å². The number of hydrogen-bond donors (Lipinski definition) is 1. The fraction of sp³-hybridized carbons (Fsp3) is 0.360. The van der Waals surface area contributed by atoms with E-state index in [1.165, 1.54) is 4.90 Å². The molecule has 1 N–H and O–H groups in total. The van der Waals surface area contributed by atoms with Crippen molar-refractivity contribution in [2.45, 2.75) is 49.3 Å². The highest BCUT2D eigenvalue weighted by molar-refractivity contribution is 6.54. The number of rotatable bonds is 6. The molecule has 0 bridgehead atoms. The van der Waals surface area contributed by atoms with Crippen LogP contribution in [0.25, 0.3) is 0 Å². The Morgan fingerprint density at radius 2 is 1.71 bits per heavy atom. The van der Waals surface area contributed by atoms with Gasteiger partial charge in [0, 0.05) is 29.5 Å². The minimum absolute atomic E-state index is 0.0273. The summed E-state index contributed by atoms with van der Waals surface area (Å²) in [6, 6.07) is 12.6. The number of carbonyl (C=O) groups is 4. The second-order valence-corrected chi connectivity index (χ2v) is 11.1. The first-order valence-electron chi connectivity index (χ1n) is 12.9. The van der Waals surface area contributed by atoms with E-state index in [4.69, 9.17) is 9.47 Å². The molecule has 1 unspecified atom stereocenters. The largest absolute Gasteiger partial charge is 0.489 e. The van der Waals surface area contributed by atoms with Gasteiger partial charge in [0.2, 0.25) is 17.7 Å². The summed E-state index contributed by atoms with van der Waals surface area (Å²) in [5.74, 6) is -0.406. The molecule has 2 saturated heterocycles. The fourth-order valence-electron chi connectivity index (χ4n) is 5.20. The molecule has 192 valence electrons. The minimum Gasteiger partial charge on any atom is -0.489 e. The van der Waals surface area contributed by atoms with Crippen molar-refractivity contribution >= 4 is 55.0 Å². The minimum atomic E-state index is -0.665. The van der Waals surface area contributed by atoms with E-state index in [0.29, 0.717) is 30.9 Å². The number of morpholine rings is 1. The highest BCUT2D eigenvalue weighted by atomic mass is 16.5. The number of nitrogens with one attached hydrogen (secondary N) is 1. The Bertz CT molecular complexity index is 1320. The number of imide groups is 1. The van der Waals surface area contributed by atoms with Crippen molar-refractivity contribution in [2.24, 2.45) is 0 Å². The summed E-state index contributed by atoms with van der Waals surface area (Å²) in [4.78, 5) is 52.9. The van der Waals surface area contributed by atoms with Crippen molar-refractivity contribution in [1.29, 1.82) is 0 Å². The Morgan fingerprint density at radius 1 is 1.00 bits per heavy atom. The molecule has 1 atom stereocenters. The molecular weight excluding hydrogens is 482 g/mol. The number of nitrogens with zero attached hydrogens (tertiary/aromatic N) is 2. The Balaban J connectivity index is 1.25. The van der Waals surface area contributed by atoms with E-state index in [1.54, 1.807) is 12.1 Å². The lowest BCUT2D eigenvalue weighted by molar-refractivity contribution is -0.153. The molecule has 4 amide bonds. The molecule has 0 aromatic heterocycles. The lowest BCUT2D eigenvalue weighted by Crippen LogP contribution is -2.72. The Labute approximate surface area is 225 Å². The Hall–Kier alpha value is -3.46. The van der Waals surface area contributed by atoms with Gasteiger partial charge in [0.1, 0.15) is 56.4 Å². The molecular formula is C25H29B4N3O6. The molecule has 2 fully saturated rings. The maximum Gasteiger partial charge on any atom is 0.255 e. The number of hydrogen-bond acceptors (Lipinski definition) is 6. The summed E-state index contributed by atoms with van der Waals surface area (Å²) < 4.78 is 11.9. The molecule has 2 aromatic carbocycles. The Kier molecular flexibility index (Phi) is 6.67. The van der Waals surface area contributed by atoms with E-state index in [9.17, 15) is 19.2 Å². The van der Waals surface area contributed by atoms with Crippen LogP contribution in [0.3, 0.4) is 0 Å². The zero-order valence-corrected chi connectivity index (χ0v) is 22.2. The van der Waals surface area contributed by atoms with Crippen LogP contribution in [0.5, 0.6) is 5.75 Å². The third-order valence-corrected chi connectivity index (χ3v) is 8.30. The smallest absolute Gasteiger partial charge is 0.255 e. The standard InChI is InChI=1S/C25H29B4N3O6/c26-24(27)25(28,29)38-13-21(34)32(24)10-14-4-6-15(7-5-14)12-37-19-3-1-2-16-17(19)11-31(23(16)36)18-8-9-20(33)30-22(18)35/h1-7,18H,8-13,26-29H2,(H,30,33,35). The molecule has 9 nitrogen and oxygen atoms in total. The third kappa shape index (κ3) is 4.64. The van der Waals surface area contributed by atoms with Crippen LogP contribution in [0.2, 0.25) is 0 Å². The van der Waals surface area contributed by atoms with Gasteiger partial charge in [-0.2, -0.15) is 0 Å². The van der Waals surface area contributed by atoms with E-state index in [-0.39, 0.29) is 37.3 Å². The van der Waals surface area contributed by atoms with Gasteiger partial charge in [-0.3, -0.25) is 24.5 Å². The highest BCUT2D eigenvalue weighted by Crippen LogP contribution is 2.34. The Morgan fingerprint density at radius 3 is 2.42 bits per heavy atom. The first kappa shape index (κ1) is 26.2. The van der Waals surface area contributed by atoms with Gasteiger partial charge in [-0.1, -0.05) is 30.3 Å². The molecule has 0 saturated carbocycles. The molecule has 0 aliphatic carbocycles. The van der Waals surface area contributed by atoms with Crippen LogP contribution in [0.4, 0.5) is 0 Å². The average molecular weight is 511 g/mol. The van der Waals surface area contributed by atoms with Gasteiger partial charge in [-0.15, -0.1) is 0 Å². The van der Waals surface area contributed by atoms with Gasteiger partial charge < -0.3 is 19.3 Å². The fourth-order valence-corrected chi connectivity index (χ4v) is 5.20. The van der Waals surface area contributed by atoms with Crippen LogP contribution in [0.1, 0.15) is 39.9 Å². The number of benzene rings is 2. The predicted molar refractivity (Wildman–Crippen MR) is 149 cm³/mol. The molecule has 5 rings (SSSR count). The maximum absolute atomic E-state index is 13.0. The highest BCUT2D eigenvalue weighted by Gasteiger charge is 2.47. The topological polar surface area (TPSA) is 105 Å². The van der Waals surface area contributed by atoms with Crippen molar-refractivity contribution in [3.8, 4) is 5.75 Å². The summed E-state index contributed by atoms with van der Waals surface area (Å²) in [5, 5.41) is 1.41. The lowest BCUT2D eigenvalue weighted by Gasteiger charge is -2.54. The maximum atomic E-state index is 13.0. The van der Waals surface area contributed by atoms with Crippen LogP contribution in [-0.4, -0.2) is 88.2 Å². The molecule has 0 spiro atoms. The summed E-state index contributed by atoms with van der Waals surface area (Å²) in [6.45, 7) is 1.13. The number of carbonyl (C=O) groups excluding carboxylic acids is 4. The quantitative estimate of drug-likeness (QED) is 0.333. The van der Waals surface area contributed by atoms with Crippen LogP contribution in [0.15, 0.2) is 42.5 Å². The van der Waals surface area contributed by atoms with Crippen molar-refractivity contribution in [1.82, 2.24) is 15.1 Å². The predicted octanol–water partition coefficient (Wildman–Crippen LogP) is -2.77. The number of amides is 4. The van der Waals surface area contributed by atoms with E-state index >= 15 is 0 Å². The third-order valence-electron chi connectivity index (χ3n) is 8.30. The molecule has 3 heterocycles. The second-order valence-electron chi connectivity index (χ2n) is 11.1. The first-order valence-corrected chi connectivity index (χ1v) is 12.9. The van der Waals surface area contributed by atoms with E-state index in [2.05, 4.69) is 5.32 Å². The van der Waals surface area contributed by atoms with Crippen LogP contribution in [-0.2, 0) is 38.8 Å². The van der Waals surface area contributed by atoms with Crippen molar-refractivity contribution in [3.63, 3.8) is 0 Å². The van der Waals surface area contributed by atoms with Gasteiger partial charge in [0.05, 0.1) is 6.54 Å². The first-order chi connectivity index (χ1) is 18.0. The molecule has 2 aromatic rings. The van der Waals surface area contributed by atoms with Gasteiger partial charge in [-0.25, -0.2) is 0 Å². The number of fused-ring (bicyclic) bond motifs is 1. The van der Waals surface area contributed by atoms with Crippen molar-refractivity contribution < 1.29 is 28.7 Å². The van der Waals surface area contributed by atoms with Crippen LogP contribution < -0.4 is 10.1 Å². The molecule has 0 radical (unpaired) electrons. The molecule has 3 aliphatic rings. The normalized spacial score (nSPS) is 22.3. The van der Waals surface area contributed by atoms with Gasteiger partial charge in [0.15, 0.2) is 0 Å². The van der Waals surface area contributed by atoms with Crippen LogP contribution in [0, 0.1) is 0 Å². The van der Waals surface area contributed by atoms with E-state index < -0.39 is 22.7 Å². The van der Waals surface area contributed by atoms with Gasteiger partial charge >= 0.3 is 0 Å². The second kappa shape index (κ2) is 9.69. The molecule has 13 heteroatoms. The van der Waals surface area contributed by atoms with Crippen molar-refractivity contribution in [2.75, 3.05) is 6.61 Å². The molecule has 3 aliphatic heterocycles. The zero-order chi connectivity index (χ0) is 27.2. The van der Waals surface area contributed by atoms with E-state index in [1.807, 2.05) is 66.6 Å². The summed E-state index contributed by atoms with van der Waals surface area (Å²) in [5.41, 5.74) is 3.22.